The van der Waals surface area contributed by atoms with Gasteiger partial charge in [-0.15, -0.1) is 12.4 Å². The lowest BCUT2D eigenvalue weighted by Crippen LogP contribution is -2.41. The summed E-state index contributed by atoms with van der Waals surface area (Å²) in [6.07, 6.45) is 1.80. The molecule has 3 rings (SSSR count). The van der Waals surface area contributed by atoms with Crippen LogP contribution in [0.5, 0.6) is 0 Å². The Morgan fingerprint density at radius 1 is 1.36 bits per heavy atom. The molecule has 138 valence electrons. The summed E-state index contributed by atoms with van der Waals surface area (Å²) in [6.45, 7) is 5.74. The van der Waals surface area contributed by atoms with Crippen molar-refractivity contribution in [1.29, 1.82) is 0 Å². The number of nitrogens with zero attached hydrogens (tertiary/aromatic N) is 4. The molecule has 1 aromatic heterocycles. The van der Waals surface area contributed by atoms with Gasteiger partial charge in [-0.25, -0.2) is 4.98 Å². The lowest BCUT2D eigenvalue weighted by atomic mass is 10.1. The smallest absolute Gasteiger partial charge is 0.312 e. The second-order valence-electron chi connectivity index (χ2n) is 6.35. The molecule has 0 unspecified atom stereocenters. The third kappa shape index (κ3) is 3.65. The van der Waals surface area contributed by atoms with E-state index in [-0.39, 0.29) is 35.1 Å². The number of hydrogen-bond acceptors (Lipinski definition) is 5. The van der Waals surface area contributed by atoms with Crippen LogP contribution in [0.1, 0.15) is 32.7 Å². The predicted molar refractivity (Wildman–Crippen MR) is 109 cm³/mol. The maximum atomic E-state index is 11.6. The zero-order valence-corrected chi connectivity index (χ0v) is 17.9. The second kappa shape index (κ2) is 7.77. The Hall–Kier alpha value is -0.900. The molecule has 0 aliphatic carbocycles. The Balaban J connectivity index is 0.00000225. The Labute approximate surface area is 168 Å². The molecule has 0 bridgehead atoms. The standard InChI is InChI=1S/C15H19Br2N5O2.ClH/c1-8(2)21-11-7-10(16)12(17)14(22(23)24)13(11)19-15(21)20-5-3-9(18)4-6-20;/h7-9H,3-6,18H2,1-2H3;1H. The molecule has 1 aliphatic rings. The molecule has 0 atom stereocenters. The van der Waals surface area contributed by atoms with E-state index in [1.807, 2.05) is 6.07 Å². The van der Waals surface area contributed by atoms with Gasteiger partial charge in [0, 0.05) is 29.6 Å². The highest BCUT2D eigenvalue weighted by atomic mass is 79.9. The summed E-state index contributed by atoms with van der Waals surface area (Å²) in [7, 11) is 0. The maximum absolute atomic E-state index is 11.6. The molecule has 1 aliphatic heterocycles. The summed E-state index contributed by atoms with van der Waals surface area (Å²) in [4.78, 5) is 18.0. The van der Waals surface area contributed by atoms with Gasteiger partial charge in [0.2, 0.25) is 5.95 Å². The average molecular weight is 498 g/mol. The molecule has 1 fully saturated rings. The molecule has 2 N–H and O–H groups in total. The Kier molecular flexibility index (Phi) is 6.35. The van der Waals surface area contributed by atoms with Crippen LogP contribution < -0.4 is 10.6 Å². The summed E-state index contributed by atoms with van der Waals surface area (Å²) >= 11 is 6.72. The van der Waals surface area contributed by atoms with E-state index in [1.54, 1.807) is 0 Å². The van der Waals surface area contributed by atoms with Crippen molar-refractivity contribution in [1.82, 2.24) is 9.55 Å². The van der Waals surface area contributed by atoms with Gasteiger partial charge in [-0.05, 0) is 64.6 Å². The van der Waals surface area contributed by atoms with Gasteiger partial charge in [0.05, 0.1) is 10.4 Å². The number of fused-ring (bicyclic) bond motifs is 1. The van der Waals surface area contributed by atoms with E-state index in [2.05, 4.69) is 60.2 Å². The van der Waals surface area contributed by atoms with Gasteiger partial charge >= 0.3 is 5.69 Å². The summed E-state index contributed by atoms with van der Waals surface area (Å²) in [5.41, 5.74) is 7.16. The first-order chi connectivity index (χ1) is 11.3. The first kappa shape index (κ1) is 20.4. The molecule has 0 amide bonds. The monoisotopic (exact) mass is 495 g/mol. The van der Waals surface area contributed by atoms with E-state index in [4.69, 9.17) is 5.73 Å². The van der Waals surface area contributed by atoms with E-state index in [1.165, 1.54) is 0 Å². The largest absolute Gasteiger partial charge is 0.342 e. The van der Waals surface area contributed by atoms with E-state index in [9.17, 15) is 10.1 Å². The molecule has 2 aromatic rings. The molecular formula is C15H20Br2ClN5O2. The van der Waals surface area contributed by atoms with Crippen LogP contribution in [0.4, 0.5) is 11.6 Å². The lowest BCUT2D eigenvalue weighted by molar-refractivity contribution is -0.384. The van der Waals surface area contributed by atoms with Gasteiger partial charge in [-0.3, -0.25) is 10.1 Å². The minimum Gasteiger partial charge on any atom is -0.342 e. The van der Waals surface area contributed by atoms with Gasteiger partial charge in [0.1, 0.15) is 4.47 Å². The summed E-state index contributed by atoms with van der Waals surface area (Å²) in [6, 6.07) is 2.24. The highest BCUT2D eigenvalue weighted by Gasteiger charge is 2.29. The second-order valence-corrected chi connectivity index (χ2v) is 7.99. The number of rotatable bonds is 3. The van der Waals surface area contributed by atoms with Crippen molar-refractivity contribution < 1.29 is 4.92 Å². The molecule has 0 spiro atoms. The summed E-state index contributed by atoms with van der Waals surface area (Å²) in [5, 5.41) is 11.6. The Bertz CT molecular complexity index is 803. The molecule has 10 heteroatoms. The topological polar surface area (TPSA) is 90.2 Å². The Morgan fingerprint density at radius 3 is 2.48 bits per heavy atom. The molecule has 0 radical (unpaired) electrons. The zero-order valence-electron chi connectivity index (χ0n) is 13.9. The lowest BCUT2D eigenvalue weighted by Gasteiger charge is -2.32. The number of nitro groups is 1. The van der Waals surface area contributed by atoms with Crippen molar-refractivity contribution in [3.05, 3.63) is 25.1 Å². The van der Waals surface area contributed by atoms with Crippen molar-refractivity contribution in [3.63, 3.8) is 0 Å². The van der Waals surface area contributed by atoms with Crippen LogP contribution in [0.3, 0.4) is 0 Å². The molecule has 7 nitrogen and oxygen atoms in total. The SMILES string of the molecule is CC(C)n1c(N2CCC(N)CC2)nc2c([N+](=O)[O-])c(Br)c(Br)cc21.Cl. The first-order valence-corrected chi connectivity index (χ1v) is 9.44. The fourth-order valence-electron chi connectivity index (χ4n) is 3.14. The molecule has 1 aromatic carbocycles. The highest BCUT2D eigenvalue weighted by Crippen LogP contribution is 2.41. The van der Waals surface area contributed by atoms with Gasteiger partial charge in [0.25, 0.3) is 0 Å². The van der Waals surface area contributed by atoms with Crippen LogP contribution in [0.25, 0.3) is 11.0 Å². The third-order valence-electron chi connectivity index (χ3n) is 4.36. The number of benzene rings is 1. The molecule has 1 saturated heterocycles. The van der Waals surface area contributed by atoms with E-state index < -0.39 is 0 Å². The summed E-state index contributed by atoms with van der Waals surface area (Å²) < 4.78 is 3.13. The fourth-order valence-corrected chi connectivity index (χ4v) is 4.00. The molecule has 2 heterocycles. The molecule has 25 heavy (non-hydrogen) atoms. The number of nitrogens with two attached hydrogens (primary N) is 1. The van der Waals surface area contributed by atoms with Crippen LogP contribution in [0.2, 0.25) is 0 Å². The predicted octanol–water partition coefficient (Wildman–Crippen LogP) is 4.40. The number of nitro benzene ring substituents is 1. The minimum absolute atomic E-state index is 0. The van der Waals surface area contributed by atoms with Crippen molar-refractivity contribution in [2.75, 3.05) is 18.0 Å². The average Bonchev–Trinajstić information content (AvgIpc) is 2.87. The number of hydrogen-bond donors (Lipinski definition) is 1. The van der Waals surface area contributed by atoms with Crippen LogP contribution in [-0.4, -0.2) is 33.6 Å². The van der Waals surface area contributed by atoms with Crippen LogP contribution in [0, 0.1) is 10.1 Å². The van der Waals surface area contributed by atoms with Crippen molar-refractivity contribution >= 4 is 66.9 Å². The van der Waals surface area contributed by atoms with Crippen LogP contribution >= 0.6 is 44.3 Å². The number of piperidine rings is 1. The zero-order chi connectivity index (χ0) is 17.6. The first-order valence-electron chi connectivity index (χ1n) is 7.86. The third-order valence-corrected chi connectivity index (χ3v) is 6.32. The fraction of sp³-hybridized carbons (Fsp3) is 0.533. The Morgan fingerprint density at radius 2 is 1.96 bits per heavy atom. The number of anilines is 1. The van der Waals surface area contributed by atoms with Gasteiger partial charge in [0.15, 0.2) is 5.52 Å². The normalized spacial score (nSPS) is 15.7. The number of aromatic nitrogens is 2. The van der Waals surface area contributed by atoms with Crippen molar-refractivity contribution in [2.45, 2.75) is 38.8 Å². The molecule has 0 saturated carbocycles. The quantitative estimate of drug-likeness (QED) is 0.502. The van der Waals surface area contributed by atoms with E-state index in [0.29, 0.717) is 14.5 Å². The minimum atomic E-state index is -0.384. The van der Waals surface area contributed by atoms with Crippen molar-refractivity contribution in [3.8, 4) is 0 Å². The van der Waals surface area contributed by atoms with Gasteiger partial charge in [-0.2, -0.15) is 0 Å². The van der Waals surface area contributed by atoms with E-state index in [0.717, 1.165) is 37.4 Å². The number of halogens is 3. The van der Waals surface area contributed by atoms with Gasteiger partial charge in [-0.1, -0.05) is 0 Å². The highest BCUT2D eigenvalue weighted by molar-refractivity contribution is 9.13. The van der Waals surface area contributed by atoms with E-state index >= 15 is 0 Å². The maximum Gasteiger partial charge on any atom is 0.312 e. The van der Waals surface area contributed by atoms with Crippen LogP contribution in [0.15, 0.2) is 15.0 Å². The van der Waals surface area contributed by atoms with Gasteiger partial charge < -0.3 is 15.2 Å². The summed E-state index contributed by atoms with van der Waals surface area (Å²) in [5.74, 6) is 0.778. The van der Waals surface area contributed by atoms with Crippen LogP contribution in [-0.2, 0) is 0 Å². The van der Waals surface area contributed by atoms with Crippen molar-refractivity contribution in [2.24, 2.45) is 5.73 Å². The molecular weight excluding hydrogens is 477 g/mol. The number of imidazole rings is 1.